The second-order valence-corrected chi connectivity index (χ2v) is 6.79. The van der Waals surface area contributed by atoms with Gasteiger partial charge in [0.1, 0.15) is 10.7 Å². The zero-order valence-electron chi connectivity index (χ0n) is 13.1. The number of carbonyl (C=O) groups excluding carboxylic acids is 2. The summed E-state index contributed by atoms with van der Waals surface area (Å²) < 4.78 is 18.9. The topological polar surface area (TPSA) is 49.9 Å². The van der Waals surface area contributed by atoms with E-state index in [1.807, 2.05) is 0 Å². The Morgan fingerprint density at radius 1 is 1.25 bits per heavy atom. The summed E-state index contributed by atoms with van der Waals surface area (Å²) in [7, 11) is 0. The summed E-state index contributed by atoms with van der Waals surface area (Å²) >= 11 is 7.49. The second kappa shape index (κ2) is 6.94. The third-order valence-corrected chi connectivity index (χ3v) is 5.52. The van der Waals surface area contributed by atoms with E-state index in [0.29, 0.717) is 52.8 Å². The standard InChI is InChI=1S/C16H16ClFN2O3S/c1-2-23-16(22)20-7-5-19(6-8-20)15(21)14-13(17)11-4-3-10(18)9-12(11)24-14/h3-4,9H,2,5-8H2,1H3. The Balaban J connectivity index is 1.74. The van der Waals surface area contributed by atoms with Crippen LogP contribution < -0.4 is 0 Å². The van der Waals surface area contributed by atoms with E-state index in [1.54, 1.807) is 22.8 Å². The van der Waals surface area contributed by atoms with Crippen LogP contribution in [0.1, 0.15) is 16.6 Å². The highest BCUT2D eigenvalue weighted by atomic mass is 35.5. The zero-order valence-corrected chi connectivity index (χ0v) is 14.6. The Morgan fingerprint density at radius 2 is 1.92 bits per heavy atom. The van der Waals surface area contributed by atoms with Crippen molar-refractivity contribution < 1.29 is 18.7 Å². The van der Waals surface area contributed by atoms with Crippen LogP contribution in [-0.2, 0) is 4.74 Å². The van der Waals surface area contributed by atoms with E-state index in [2.05, 4.69) is 0 Å². The molecule has 0 atom stereocenters. The largest absolute Gasteiger partial charge is 0.450 e. The molecule has 1 aliphatic rings. The number of hydrogen-bond donors (Lipinski definition) is 0. The fraction of sp³-hybridized carbons (Fsp3) is 0.375. The summed E-state index contributed by atoms with van der Waals surface area (Å²) in [5.41, 5.74) is 0. The van der Waals surface area contributed by atoms with E-state index in [-0.39, 0.29) is 17.8 Å². The van der Waals surface area contributed by atoms with Crippen LogP contribution in [-0.4, -0.2) is 54.6 Å². The highest BCUT2D eigenvalue weighted by Crippen LogP contribution is 2.36. The SMILES string of the molecule is CCOC(=O)N1CCN(C(=O)c2sc3cc(F)ccc3c2Cl)CC1. The van der Waals surface area contributed by atoms with Gasteiger partial charge in [0, 0.05) is 36.3 Å². The summed E-state index contributed by atoms with van der Waals surface area (Å²) in [6.07, 6.45) is -0.361. The Labute approximate surface area is 147 Å². The molecule has 0 N–H and O–H groups in total. The molecule has 1 aromatic carbocycles. The number of rotatable bonds is 2. The van der Waals surface area contributed by atoms with Crippen LogP contribution in [0.2, 0.25) is 5.02 Å². The predicted molar refractivity (Wildman–Crippen MR) is 91.3 cm³/mol. The van der Waals surface area contributed by atoms with Crippen molar-refractivity contribution in [2.24, 2.45) is 0 Å². The van der Waals surface area contributed by atoms with Gasteiger partial charge in [0.15, 0.2) is 0 Å². The number of nitrogens with zero attached hydrogens (tertiary/aromatic N) is 2. The van der Waals surface area contributed by atoms with Crippen LogP contribution in [0.15, 0.2) is 18.2 Å². The molecule has 2 heterocycles. The van der Waals surface area contributed by atoms with E-state index in [4.69, 9.17) is 16.3 Å². The predicted octanol–water partition coefficient (Wildman–Crippen LogP) is 3.61. The number of fused-ring (bicyclic) bond motifs is 1. The smallest absolute Gasteiger partial charge is 0.409 e. The van der Waals surface area contributed by atoms with Crippen molar-refractivity contribution >= 4 is 45.0 Å². The average Bonchev–Trinajstić information content (AvgIpc) is 2.90. The van der Waals surface area contributed by atoms with Crippen molar-refractivity contribution in [1.29, 1.82) is 0 Å². The molecule has 1 aromatic heterocycles. The van der Waals surface area contributed by atoms with Crippen LogP contribution in [0.3, 0.4) is 0 Å². The van der Waals surface area contributed by atoms with Gasteiger partial charge in [-0.25, -0.2) is 9.18 Å². The first-order valence-electron chi connectivity index (χ1n) is 7.59. The number of halogens is 2. The summed E-state index contributed by atoms with van der Waals surface area (Å²) in [4.78, 5) is 28.0. The van der Waals surface area contributed by atoms with Gasteiger partial charge in [0.05, 0.1) is 11.6 Å². The van der Waals surface area contributed by atoms with Gasteiger partial charge in [0.2, 0.25) is 0 Å². The fourth-order valence-corrected chi connectivity index (χ4v) is 4.13. The minimum atomic E-state index is -0.361. The van der Waals surface area contributed by atoms with Crippen LogP contribution in [0.4, 0.5) is 9.18 Å². The number of benzene rings is 1. The van der Waals surface area contributed by atoms with Gasteiger partial charge in [-0.1, -0.05) is 11.6 Å². The van der Waals surface area contributed by atoms with Gasteiger partial charge >= 0.3 is 6.09 Å². The Morgan fingerprint density at radius 3 is 2.58 bits per heavy atom. The molecular formula is C16H16ClFN2O3S. The summed E-state index contributed by atoms with van der Waals surface area (Å²) in [5.74, 6) is -0.549. The molecule has 24 heavy (non-hydrogen) atoms. The lowest BCUT2D eigenvalue weighted by Crippen LogP contribution is -2.50. The van der Waals surface area contributed by atoms with E-state index >= 15 is 0 Å². The molecule has 0 aliphatic carbocycles. The normalized spacial score (nSPS) is 15.0. The second-order valence-electron chi connectivity index (χ2n) is 5.36. The third-order valence-electron chi connectivity index (χ3n) is 3.88. The van der Waals surface area contributed by atoms with Gasteiger partial charge in [-0.3, -0.25) is 4.79 Å². The number of piperazine rings is 1. The lowest BCUT2D eigenvalue weighted by atomic mass is 10.2. The number of thiophene rings is 1. The molecule has 1 aliphatic heterocycles. The summed E-state index contributed by atoms with van der Waals surface area (Å²) in [6, 6.07) is 4.29. The zero-order chi connectivity index (χ0) is 17.3. The first kappa shape index (κ1) is 17.0. The first-order valence-corrected chi connectivity index (χ1v) is 8.79. The lowest BCUT2D eigenvalue weighted by Gasteiger charge is -2.33. The van der Waals surface area contributed by atoms with E-state index in [1.165, 1.54) is 23.5 Å². The average molecular weight is 371 g/mol. The molecule has 1 saturated heterocycles. The molecule has 1 fully saturated rings. The van der Waals surface area contributed by atoms with Crippen LogP contribution in [0.25, 0.3) is 10.1 Å². The minimum absolute atomic E-state index is 0.190. The van der Waals surface area contributed by atoms with Crippen molar-refractivity contribution in [2.45, 2.75) is 6.92 Å². The maximum Gasteiger partial charge on any atom is 0.409 e. The monoisotopic (exact) mass is 370 g/mol. The number of hydrogen-bond acceptors (Lipinski definition) is 4. The number of carbonyl (C=O) groups is 2. The van der Waals surface area contributed by atoms with Crippen molar-refractivity contribution in [3.63, 3.8) is 0 Å². The number of amides is 2. The van der Waals surface area contributed by atoms with Crippen LogP contribution in [0.5, 0.6) is 0 Å². The van der Waals surface area contributed by atoms with Gasteiger partial charge in [-0.2, -0.15) is 0 Å². The molecule has 5 nitrogen and oxygen atoms in total. The fourth-order valence-electron chi connectivity index (χ4n) is 2.63. The van der Waals surface area contributed by atoms with Gasteiger partial charge in [-0.15, -0.1) is 11.3 Å². The molecular weight excluding hydrogens is 355 g/mol. The van der Waals surface area contributed by atoms with Crippen molar-refractivity contribution in [3.05, 3.63) is 33.9 Å². The van der Waals surface area contributed by atoms with Gasteiger partial charge in [0.25, 0.3) is 5.91 Å². The molecule has 0 unspecified atom stereocenters. The highest BCUT2D eigenvalue weighted by molar-refractivity contribution is 7.21. The van der Waals surface area contributed by atoms with Crippen molar-refractivity contribution in [3.8, 4) is 0 Å². The highest BCUT2D eigenvalue weighted by Gasteiger charge is 2.28. The summed E-state index contributed by atoms with van der Waals surface area (Å²) in [6.45, 7) is 3.74. The molecule has 2 amide bonds. The molecule has 8 heteroatoms. The maximum atomic E-state index is 13.3. The van der Waals surface area contributed by atoms with E-state index < -0.39 is 0 Å². The Kier molecular flexibility index (Phi) is 4.91. The van der Waals surface area contributed by atoms with Crippen molar-refractivity contribution in [2.75, 3.05) is 32.8 Å². The Bertz CT molecular complexity index is 787. The third kappa shape index (κ3) is 3.18. The molecule has 0 saturated carbocycles. The van der Waals surface area contributed by atoms with Gasteiger partial charge in [-0.05, 0) is 25.1 Å². The van der Waals surface area contributed by atoms with Crippen LogP contribution in [0, 0.1) is 5.82 Å². The maximum absolute atomic E-state index is 13.3. The lowest BCUT2D eigenvalue weighted by molar-refractivity contribution is 0.0574. The minimum Gasteiger partial charge on any atom is -0.450 e. The van der Waals surface area contributed by atoms with Crippen molar-refractivity contribution in [1.82, 2.24) is 9.80 Å². The molecule has 128 valence electrons. The van der Waals surface area contributed by atoms with Crippen LogP contribution >= 0.6 is 22.9 Å². The first-order chi connectivity index (χ1) is 11.5. The molecule has 2 aromatic rings. The molecule has 0 bridgehead atoms. The van der Waals surface area contributed by atoms with E-state index in [0.717, 1.165) is 0 Å². The molecule has 3 rings (SSSR count). The summed E-state index contributed by atoms with van der Waals surface area (Å²) in [5, 5.41) is 1.03. The molecule has 0 spiro atoms. The number of ether oxygens (including phenoxy) is 1. The Hall–Kier alpha value is -1.86. The van der Waals surface area contributed by atoms with E-state index in [9.17, 15) is 14.0 Å². The molecule has 0 radical (unpaired) electrons. The van der Waals surface area contributed by atoms with Gasteiger partial charge < -0.3 is 14.5 Å². The quantitative estimate of drug-likeness (QED) is 0.811.